The van der Waals surface area contributed by atoms with E-state index in [4.69, 9.17) is 0 Å². The second-order valence-electron chi connectivity index (χ2n) is 6.88. The maximum Gasteiger partial charge on any atom is 0.0234 e. The zero-order chi connectivity index (χ0) is 13.9. The van der Waals surface area contributed by atoms with Gasteiger partial charge >= 0.3 is 0 Å². The molecule has 106 valence electrons. The lowest BCUT2D eigenvalue weighted by Crippen LogP contribution is -2.28. The van der Waals surface area contributed by atoms with Crippen molar-refractivity contribution in [3.8, 4) is 0 Å². The lowest BCUT2D eigenvalue weighted by atomic mass is 9.87. The van der Waals surface area contributed by atoms with Gasteiger partial charge in [-0.2, -0.15) is 0 Å². The van der Waals surface area contributed by atoms with Gasteiger partial charge in [0.05, 0.1) is 0 Å². The molecule has 2 nitrogen and oxygen atoms in total. The van der Waals surface area contributed by atoms with Gasteiger partial charge in [0.25, 0.3) is 0 Å². The fourth-order valence-corrected chi connectivity index (χ4v) is 2.63. The molecule has 0 saturated carbocycles. The summed E-state index contributed by atoms with van der Waals surface area (Å²) < 4.78 is 0. The monoisotopic (exact) mass is 260 g/mol. The molecular weight excluding hydrogens is 232 g/mol. The molecule has 19 heavy (non-hydrogen) atoms. The summed E-state index contributed by atoms with van der Waals surface area (Å²) >= 11 is 0. The van der Waals surface area contributed by atoms with Crippen LogP contribution in [0.2, 0.25) is 0 Å². The van der Waals surface area contributed by atoms with Gasteiger partial charge in [-0.05, 0) is 43.1 Å². The van der Waals surface area contributed by atoms with Gasteiger partial charge in [0, 0.05) is 19.6 Å². The summed E-state index contributed by atoms with van der Waals surface area (Å²) in [6.45, 7) is 12.8. The van der Waals surface area contributed by atoms with Crippen molar-refractivity contribution < 1.29 is 0 Å². The quantitative estimate of drug-likeness (QED) is 0.806. The number of hydrogen-bond acceptors (Lipinski definition) is 2. The highest BCUT2D eigenvalue weighted by atomic mass is 15.2. The van der Waals surface area contributed by atoms with Crippen LogP contribution in [0.3, 0.4) is 0 Å². The van der Waals surface area contributed by atoms with E-state index in [1.807, 2.05) is 0 Å². The Bertz CT molecular complexity index is 389. The Labute approximate surface area is 118 Å². The predicted octanol–water partition coefficient (Wildman–Crippen LogP) is 3.12. The maximum atomic E-state index is 2.58. The van der Waals surface area contributed by atoms with E-state index in [1.54, 1.807) is 0 Å². The summed E-state index contributed by atoms with van der Waals surface area (Å²) in [7, 11) is 2.22. The molecule has 0 unspecified atom stereocenters. The summed E-state index contributed by atoms with van der Waals surface area (Å²) in [5.41, 5.74) is 3.12. The van der Waals surface area contributed by atoms with Crippen LogP contribution in [-0.2, 0) is 12.0 Å². The van der Waals surface area contributed by atoms with Crippen LogP contribution in [0.5, 0.6) is 0 Å². The molecule has 1 aromatic rings. The average molecular weight is 260 g/mol. The molecule has 0 radical (unpaired) electrons. The maximum absolute atomic E-state index is 2.58. The molecule has 1 aliphatic rings. The third kappa shape index (κ3) is 4.32. The van der Waals surface area contributed by atoms with Gasteiger partial charge in [0.2, 0.25) is 0 Å². The molecule has 0 bridgehead atoms. The molecule has 1 aliphatic heterocycles. The van der Waals surface area contributed by atoms with Crippen LogP contribution >= 0.6 is 0 Å². The number of likely N-dealkylation sites (N-methyl/N-ethyl adjacent to an activating group) is 1. The molecular formula is C17H28N2. The van der Waals surface area contributed by atoms with Crippen LogP contribution in [0.15, 0.2) is 24.3 Å². The molecule has 0 N–H and O–H groups in total. The SMILES string of the molecule is CN1CCCN(Cc2ccc(C(C)(C)C)cc2)CC1. The minimum absolute atomic E-state index is 0.254. The molecule has 0 aliphatic carbocycles. The van der Waals surface area contributed by atoms with Gasteiger partial charge < -0.3 is 4.90 Å². The van der Waals surface area contributed by atoms with Gasteiger partial charge in [0.15, 0.2) is 0 Å². The molecule has 1 heterocycles. The molecule has 0 aromatic heterocycles. The summed E-state index contributed by atoms with van der Waals surface area (Å²) in [5, 5.41) is 0. The van der Waals surface area contributed by atoms with Crippen molar-refractivity contribution in [2.45, 2.75) is 39.2 Å². The van der Waals surface area contributed by atoms with E-state index in [-0.39, 0.29) is 5.41 Å². The number of hydrogen-bond donors (Lipinski definition) is 0. The van der Waals surface area contributed by atoms with Crippen LogP contribution in [0.25, 0.3) is 0 Å². The molecule has 0 spiro atoms. The predicted molar refractivity (Wildman–Crippen MR) is 82.5 cm³/mol. The molecule has 1 aromatic carbocycles. The van der Waals surface area contributed by atoms with Gasteiger partial charge in [-0.3, -0.25) is 4.90 Å². The smallest absolute Gasteiger partial charge is 0.0234 e. The van der Waals surface area contributed by atoms with Gasteiger partial charge in [-0.1, -0.05) is 45.0 Å². The number of rotatable bonds is 2. The molecule has 1 saturated heterocycles. The standard InChI is InChI=1S/C17H28N2/c1-17(2,3)16-8-6-15(7-9-16)14-19-11-5-10-18(4)12-13-19/h6-9H,5,10-14H2,1-4H3. The summed E-state index contributed by atoms with van der Waals surface area (Å²) in [5.74, 6) is 0. The van der Waals surface area contributed by atoms with Gasteiger partial charge in [0.1, 0.15) is 0 Å². The Morgan fingerprint density at radius 3 is 2.26 bits per heavy atom. The first-order valence-corrected chi connectivity index (χ1v) is 7.45. The van der Waals surface area contributed by atoms with Crippen LogP contribution in [0.4, 0.5) is 0 Å². The average Bonchev–Trinajstić information content (AvgIpc) is 2.54. The van der Waals surface area contributed by atoms with E-state index in [0.29, 0.717) is 0 Å². The van der Waals surface area contributed by atoms with Crippen molar-refractivity contribution in [2.24, 2.45) is 0 Å². The largest absolute Gasteiger partial charge is 0.305 e. The van der Waals surface area contributed by atoms with Crippen molar-refractivity contribution in [3.05, 3.63) is 35.4 Å². The Kier molecular flexibility index (Phi) is 4.64. The third-order valence-corrected chi connectivity index (χ3v) is 4.04. The Hall–Kier alpha value is -0.860. The Morgan fingerprint density at radius 2 is 1.63 bits per heavy atom. The fraction of sp³-hybridized carbons (Fsp3) is 0.647. The van der Waals surface area contributed by atoms with Gasteiger partial charge in [-0.15, -0.1) is 0 Å². The van der Waals surface area contributed by atoms with E-state index in [0.717, 1.165) is 6.54 Å². The van der Waals surface area contributed by atoms with Crippen molar-refractivity contribution in [3.63, 3.8) is 0 Å². The third-order valence-electron chi connectivity index (χ3n) is 4.04. The van der Waals surface area contributed by atoms with E-state index in [2.05, 4.69) is 61.9 Å². The van der Waals surface area contributed by atoms with E-state index >= 15 is 0 Å². The molecule has 0 amide bonds. The normalized spacial score (nSPS) is 19.4. The second kappa shape index (κ2) is 6.06. The van der Waals surface area contributed by atoms with Gasteiger partial charge in [-0.25, -0.2) is 0 Å². The van der Waals surface area contributed by atoms with E-state index < -0.39 is 0 Å². The van der Waals surface area contributed by atoms with Crippen molar-refractivity contribution in [2.75, 3.05) is 33.2 Å². The van der Waals surface area contributed by atoms with E-state index in [9.17, 15) is 0 Å². The number of benzene rings is 1. The summed E-state index contributed by atoms with van der Waals surface area (Å²) in [6, 6.07) is 9.18. The lowest BCUT2D eigenvalue weighted by Gasteiger charge is -2.22. The topological polar surface area (TPSA) is 6.48 Å². The molecule has 1 fully saturated rings. The zero-order valence-electron chi connectivity index (χ0n) is 12.9. The van der Waals surface area contributed by atoms with Crippen LogP contribution in [0.1, 0.15) is 38.3 Å². The summed E-state index contributed by atoms with van der Waals surface area (Å²) in [6.07, 6.45) is 1.29. The first-order chi connectivity index (χ1) is 8.95. The molecule has 2 rings (SSSR count). The Balaban J connectivity index is 1.96. The van der Waals surface area contributed by atoms with Crippen molar-refractivity contribution in [1.82, 2.24) is 9.80 Å². The highest BCUT2D eigenvalue weighted by molar-refractivity contribution is 5.27. The van der Waals surface area contributed by atoms with Crippen molar-refractivity contribution in [1.29, 1.82) is 0 Å². The first-order valence-electron chi connectivity index (χ1n) is 7.45. The minimum Gasteiger partial charge on any atom is -0.305 e. The number of nitrogens with zero attached hydrogens (tertiary/aromatic N) is 2. The zero-order valence-corrected chi connectivity index (χ0v) is 12.9. The fourth-order valence-electron chi connectivity index (χ4n) is 2.63. The van der Waals surface area contributed by atoms with Crippen LogP contribution in [-0.4, -0.2) is 43.0 Å². The molecule has 2 heteroatoms. The molecule has 0 atom stereocenters. The van der Waals surface area contributed by atoms with Crippen LogP contribution < -0.4 is 0 Å². The van der Waals surface area contributed by atoms with E-state index in [1.165, 1.54) is 43.7 Å². The highest BCUT2D eigenvalue weighted by Crippen LogP contribution is 2.22. The van der Waals surface area contributed by atoms with Crippen LogP contribution in [0, 0.1) is 0 Å². The Morgan fingerprint density at radius 1 is 0.947 bits per heavy atom. The highest BCUT2D eigenvalue weighted by Gasteiger charge is 2.14. The lowest BCUT2D eigenvalue weighted by molar-refractivity contribution is 0.269. The first kappa shape index (κ1) is 14.5. The second-order valence-corrected chi connectivity index (χ2v) is 6.88. The summed E-state index contributed by atoms with van der Waals surface area (Å²) in [4.78, 5) is 5.01. The minimum atomic E-state index is 0.254. The van der Waals surface area contributed by atoms with Crippen molar-refractivity contribution >= 4 is 0 Å².